The number of rotatable bonds is 2. The van der Waals surface area contributed by atoms with Gasteiger partial charge in [-0.25, -0.2) is 4.68 Å². The van der Waals surface area contributed by atoms with E-state index in [0.717, 1.165) is 17.7 Å². The molecule has 0 aliphatic carbocycles. The minimum absolute atomic E-state index is 0.351. The van der Waals surface area contributed by atoms with Crippen LogP contribution in [-0.4, -0.2) is 9.78 Å². The Hall–Kier alpha value is -1.98. The number of benzene rings is 1. The van der Waals surface area contributed by atoms with Crippen molar-refractivity contribution in [3.8, 4) is 0 Å². The molecule has 102 valence electrons. The van der Waals surface area contributed by atoms with E-state index in [4.69, 9.17) is 5.73 Å². The highest BCUT2D eigenvalue weighted by molar-refractivity contribution is 5.39. The average Bonchev–Trinajstić information content (AvgIpc) is 2.68. The Bertz CT molecular complexity index is 587. The first-order chi connectivity index (χ1) is 8.80. The van der Waals surface area contributed by atoms with Crippen LogP contribution in [0, 0.1) is 6.92 Å². The SMILES string of the molecule is Cc1cnn(C(C)c2cccc(C(F)(F)F)c2)c1N. The molecule has 0 amide bonds. The Morgan fingerprint density at radius 3 is 2.53 bits per heavy atom. The standard InChI is InChI=1S/C13H14F3N3/c1-8-7-18-19(12(8)17)9(2)10-4-3-5-11(6-10)13(14,15)16/h3-7,9H,17H2,1-2H3. The van der Waals surface area contributed by atoms with E-state index in [1.807, 2.05) is 0 Å². The molecular weight excluding hydrogens is 255 g/mol. The van der Waals surface area contributed by atoms with Crippen LogP contribution in [0.15, 0.2) is 30.5 Å². The monoisotopic (exact) mass is 269 g/mol. The molecule has 19 heavy (non-hydrogen) atoms. The van der Waals surface area contributed by atoms with E-state index in [0.29, 0.717) is 11.4 Å². The van der Waals surface area contributed by atoms with Crippen LogP contribution >= 0.6 is 0 Å². The van der Waals surface area contributed by atoms with Crippen LogP contribution in [0.3, 0.4) is 0 Å². The van der Waals surface area contributed by atoms with Crippen molar-refractivity contribution in [1.29, 1.82) is 0 Å². The lowest BCUT2D eigenvalue weighted by molar-refractivity contribution is -0.137. The van der Waals surface area contributed by atoms with E-state index in [1.165, 1.54) is 10.7 Å². The molecule has 2 N–H and O–H groups in total. The van der Waals surface area contributed by atoms with Crippen LogP contribution in [0.5, 0.6) is 0 Å². The van der Waals surface area contributed by atoms with Crippen molar-refractivity contribution in [3.63, 3.8) is 0 Å². The second kappa shape index (κ2) is 4.60. The zero-order valence-electron chi connectivity index (χ0n) is 10.6. The molecule has 0 spiro atoms. The van der Waals surface area contributed by atoms with Crippen molar-refractivity contribution in [2.75, 3.05) is 5.73 Å². The van der Waals surface area contributed by atoms with Gasteiger partial charge in [0.15, 0.2) is 0 Å². The van der Waals surface area contributed by atoms with Crippen LogP contribution in [-0.2, 0) is 6.18 Å². The molecule has 1 unspecified atom stereocenters. The Labute approximate surface area is 108 Å². The van der Waals surface area contributed by atoms with Gasteiger partial charge in [-0.2, -0.15) is 18.3 Å². The Balaban J connectivity index is 2.40. The first-order valence-corrected chi connectivity index (χ1v) is 5.77. The van der Waals surface area contributed by atoms with Crippen molar-refractivity contribution in [3.05, 3.63) is 47.2 Å². The van der Waals surface area contributed by atoms with Gasteiger partial charge in [0.05, 0.1) is 17.8 Å². The van der Waals surface area contributed by atoms with Crippen LogP contribution in [0.25, 0.3) is 0 Å². The van der Waals surface area contributed by atoms with Crippen LogP contribution in [0.4, 0.5) is 19.0 Å². The normalized spacial score (nSPS) is 13.5. The summed E-state index contributed by atoms with van der Waals surface area (Å²) in [7, 11) is 0. The summed E-state index contributed by atoms with van der Waals surface area (Å²) in [6.45, 7) is 3.57. The second-order valence-corrected chi connectivity index (χ2v) is 4.46. The van der Waals surface area contributed by atoms with E-state index in [2.05, 4.69) is 5.10 Å². The predicted octanol–water partition coefficient (Wildman–Crippen LogP) is 3.40. The van der Waals surface area contributed by atoms with Crippen LogP contribution in [0.2, 0.25) is 0 Å². The zero-order chi connectivity index (χ0) is 14.2. The van der Waals surface area contributed by atoms with Gasteiger partial charge in [0.2, 0.25) is 0 Å². The fraction of sp³-hybridized carbons (Fsp3) is 0.308. The first-order valence-electron chi connectivity index (χ1n) is 5.77. The van der Waals surface area contributed by atoms with Crippen molar-refractivity contribution < 1.29 is 13.2 Å². The molecule has 0 saturated carbocycles. The maximum absolute atomic E-state index is 12.7. The number of nitrogens with zero attached hydrogens (tertiary/aromatic N) is 2. The highest BCUT2D eigenvalue weighted by Crippen LogP contribution is 2.31. The number of alkyl halides is 3. The summed E-state index contributed by atoms with van der Waals surface area (Å²) < 4.78 is 39.5. The first kappa shape index (κ1) is 13.5. The lowest BCUT2D eigenvalue weighted by Crippen LogP contribution is -2.13. The zero-order valence-corrected chi connectivity index (χ0v) is 10.6. The van der Waals surface area contributed by atoms with Crippen molar-refractivity contribution in [2.45, 2.75) is 26.1 Å². The lowest BCUT2D eigenvalue weighted by atomic mass is 10.0. The maximum atomic E-state index is 12.7. The molecule has 2 rings (SSSR count). The molecule has 1 heterocycles. The average molecular weight is 269 g/mol. The number of nitrogen functional groups attached to an aromatic ring is 1. The molecule has 2 aromatic rings. The van der Waals surface area contributed by atoms with E-state index in [9.17, 15) is 13.2 Å². The summed E-state index contributed by atoms with van der Waals surface area (Å²) in [5, 5.41) is 4.09. The maximum Gasteiger partial charge on any atom is 0.416 e. The van der Waals surface area contributed by atoms with Crippen molar-refractivity contribution in [2.24, 2.45) is 0 Å². The van der Waals surface area contributed by atoms with Gasteiger partial charge in [-0.15, -0.1) is 0 Å². The number of nitrogens with two attached hydrogens (primary N) is 1. The van der Waals surface area contributed by atoms with Crippen molar-refractivity contribution in [1.82, 2.24) is 9.78 Å². The largest absolute Gasteiger partial charge is 0.416 e. The number of aromatic nitrogens is 2. The highest BCUT2D eigenvalue weighted by atomic mass is 19.4. The molecule has 1 atom stereocenters. The van der Waals surface area contributed by atoms with Crippen molar-refractivity contribution >= 4 is 5.82 Å². The number of halogens is 3. The van der Waals surface area contributed by atoms with E-state index in [-0.39, 0.29) is 6.04 Å². The van der Waals surface area contributed by atoms with Crippen LogP contribution in [0.1, 0.15) is 29.7 Å². The fourth-order valence-corrected chi connectivity index (χ4v) is 1.88. The molecule has 0 fully saturated rings. The third-order valence-corrected chi connectivity index (χ3v) is 3.09. The topological polar surface area (TPSA) is 43.8 Å². The lowest BCUT2D eigenvalue weighted by Gasteiger charge is -2.16. The third-order valence-electron chi connectivity index (χ3n) is 3.09. The van der Waals surface area contributed by atoms with Gasteiger partial charge in [0.25, 0.3) is 0 Å². The van der Waals surface area contributed by atoms with Gasteiger partial charge in [-0.05, 0) is 31.5 Å². The van der Waals surface area contributed by atoms with E-state index >= 15 is 0 Å². The second-order valence-electron chi connectivity index (χ2n) is 4.46. The third kappa shape index (κ3) is 2.57. The molecule has 0 aliphatic heterocycles. The summed E-state index contributed by atoms with van der Waals surface area (Å²) in [6.07, 6.45) is -2.75. The summed E-state index contributed by atoms with van der Waals surface area (Å²) in [5.41, 5.74) is 6.50. The molecular formula is C13H14F3N3. The van der Waals surface area contributed by atoms with Gasteiger partial charge in [-0.1, -0.05) is 12.1 Å². The molecule has 6 heteroatoms. The van der Waals surface area contributed by atoms with E-state index in [1.54, 1.807) is 26.1 Å². The minimum Gasteiger partial charge on any atom is -0.384 e. The van der Waals surface area contributed by atoms with Crippen LogP contribution < -0.4 is 5.73 Å². The smallest absolute Gasteiger partial charge is 0.384 e. The van der Waals surface area contributed by atoms with Gasteiger partial charge >= 0.3 is 6.18 Å². The van der Waals surface area contributed by atoms with Gasteiger partial charge in [-0.3, -0.25) is 0 Å². The Morgan fingerprint density at radius 2 is 2.00 bits per heavy atom. The molecule has 0 bridgehead atoms. The summed E-state index contributed by atoms with van der Waals surface area (Å²) in [4.78, 5) is 0. The molecule has 1 aromatic heterocycles. The molecule has 3 nitrogen and oxygen atoms in total. The molecule has 0 aliphatic rings. The Kier molecular flexibility index (Phi) is 3.26. The van der Waals surface area contributed by atoms with Gasteiger partial charge < -0.3 is 5.73 Å². The Morgan fingerprint density at radius 1 is 1.32 bits per heavy atom. The predicted molar refractivity (Wildman–Crippen MR) is 66.6 cm³/mol. The van der Waals surface area contributed by atoms with Gasteiger partial charge in [0, 0.05) is 5.56 Å². The quantitative estimate of drug-likeness (QED) is 0.908. The highest BCUT2D eigenvalue weighted by Gasteiger charge is 2.30. The molecule has 0 radical (unpaired) electrons. The van der Waals surface area contributed by atoms with Gasteiger partial charge in [0.1, 0.15) is 5.82 Å². The summed E-state index contributed by atoms with van der Waals surface area (Å²) >= 11 is 0. The number of anilines is 1. The molecule has 1 aromatic carbocycles. The van der Waals surface area contributed by atoms with E-state index < -0.39 is 11.7 Å². The number of aryl methyl sites for hydroxylation is 1. The fourth-order valence-electron chi connectivity index (χ4n) is 1.88. The minimum atomic E-state index is -4.35. The number of hydrogen-bond donors (Lipinski definition) is 1. The molecule has 0 saturated heterocycles. The number of hydrogen-bond acceptors (Lipinski definition) is 2. The summed E-state index contributed by atoms with van der Waals surface area (Å²) in [5.74, 6) is 0.463. The summed E-state index contributed by atoms with van der Waals surface area (Å²) in [6, 6.07) is 4.85.